The van der Waals surface area contributed by atoms with Gasteiger partial charge in [0, 0.05) is 0 Å². The molecule has 0 radical (unpaired) electrons. The van der Waals surface area contributed by atoms with Gasteiger partial charge in [-0.05, 0) is 38.5 Å². The summed E-state index contributed by atoms with van der Waals surface area (Å²) in [6, 6.07) is 15.0. The van der Waals surface area contributed by atoms with Crippen LogP contribution in [0.1, 0.15) is 25.0 Å². The highest BCUT2D eigenvalue weighted by atomic mass is 16.2. The van der Waals surface area contributed by atoms with Gasteiger partial charge in [0.2, 0.25) is 0 Å². The first-order valence-corrected chi connectivity index (χ1v) is 7.23. The number of nitrogens with one attached hydrogen (secondary N) is 1. The van der Waals surface area contributed by atoms with Gasteiger partial charge in [0.15, 0.2) is 0 Å². The Morgan fingerprint density at radius 3 is 2.36 bits per heavy atom. The van der Waals surface area contributed by atoms with Crippen molar-refractivity contribution in [3.05, 3.63) is 80.5 Å². The quantitative estimate of drug-likeness (QED) is 0.790. The van der Waals surface area contributed by atoms with E-state index in [1.807, 2.05) is 63.2 Å². The number of nitrogens with zero attached hydrogens (tertiary/aromatic N) is 1. The monoisotopic (exact) mass is 294 g/mol. The van der Waals surface area contributed by atoms with Gasteiger partial charge in [-0.1, -0.05) is 42.0 Å². The van der Waals surface area contributed by atoms with Crippen LogP contribution in [0.5, 0.6) is 0 Å². The zero-order valence-electron chi connectivity index (χ0n) is 12.9. The van der Waals surface area contributed by atoms with Gasteiger partial charge < -0.3 is 4.98 Å². The number of H-pyrrole nitrogens is 1. The molecule has 3 rings (SSSR count). The largest absolute Gasteiger partial charge is 0.329 e. The SMILES string of the molecule is Cc1ccc2[nH]c(=O)n(C(C)(C)c3ccccc3)c(=O)c2c1. The summed E-state index contributed by atoms with van der Waals surface area (Å²) in [5.74, 6) is 0. The number of benzene rings is 2. The molecule has 0 atom stereocenters. The normalized spacial score (nSPS) is 11.8. The van der Waals surface area contributed by atoms with E-state index in [9.17, 15) is 9.59 Å². The smallest absolute Gasteiger partial charge is 0.307 e. The fourth-order valence-corrected chi connectivity index (χ4v) is 2.81. The van der Waals surface area contributed by atoms with Gasteiger partial charge >= 0.3 is 5.69 Å². The minimum absolute atomic E-state index is 0.267. The Balaban J connectivity index is 2.36. The van der Waals surface area contributed by atoms with Crippen molar-refractivity contribution in [3.63, 3.8) is 0 Å². The summed E-state index contributed by atoms with van der Waals surface area (Å²) >= 11 is 0. The van der Waals surface area contributed by atoms with Crippen LogP contribution in [0.25, 0.3) is 10.9 Å². The number of aromatic nitrogens is 2. The summed E-state index contributed by atoms with van der Waals surface area (Å²) in [5.41, 5.74) is 1.08. The molecule has 0 saturated heterocycles. The molecule has 3 aromatic rings. The Hall–Kier alpha value is -2.62. The fraction of sp³-hybridized carbons (Fsp3) is 0.222. The molecule has 0 saturated carbocycles. The van der Waals surface area contributed by atoms with Crippen molar-refractivity contribution in [2.24, 2.45) is 0 Å². The predicted octanol–water partition coefficient (Wildman–Crippen LogP) is 2.78. The molecule has 0 aliphatic rings. The van der Waals surface area contributed by atoms with Crippen molar-refractivity contribution in [2.45, 2.75) is 26.3 Å². The lowest BCUT2D eigenvalue weighted by atomic mass is 9.94. The second-order valence-electron chi connectivity index (χ2n) is 6.04. The molecule has 2 aromatic carbocycles. The summed E-state index contributed by atoms with van der Waals surface area (Å²) in [6.45, 7) is 5.68. The van der Waals surface area contributed by atoms with Crippen molar-refractivity contribution >= 4 is 10.9 Å². The molecule has 112 valence electrons. The van der Waals surface area contributed by atoms with Crippen molar-refractivity contribution in [1.29, 1.82) is 0 Å². The van der Waals surface area contributed by atoms with Crippen LogP contribution in [0, 0.1) is 6.92 Å². The first kappa shape index (κ1) is 14.3. The van der Waals surface area contributed by atoms with Crippen molar-refractivity contribution < 1.29 is 0 Å². The summed E-state index contributed by atoms with van der Waals surface area (Å²) in [5, 5.41) is 0.531. The van der Waals surface area contributed by atoms with Gasteiger partial charge in [0.25, 0.3) is 5.56 Å². The van der Waals surface area contributed by atoms with Gasteiger partial charge in [-0.25, -0.2) is 4.79 Å². The highest BCUT2D eigenvalue weighted by Crippen LogP contribution is 2.22. The third kappa shape index (κ3) is 2.17. The molecule has 1 heterocycles. The Morgan fingerprint density at radius 2 is 1.68 bits per heavy atom. The number of rotatable bonds is 2. The van der Waals surface area contributed by atoms with E-state index in [0.29, 0.717) is 10.9 Å². The van der Waals surface area contributed by atoms with Crippen LogP contribution >= 0.6 is 0 Å². The maximum atomic E-state index is 12.9. The Bertz CT molecular complexity index is 950. The molecule has 4 nitrogen and oxygen atoms in total. The van der Waals surface area contributed by atoms with Crippen LogP contribution in [0.15, 0.2) is 58.1 Å². The first-order chi connectivity index (χ1) is 10.4. The van der Waals surface area contributed by atoms with E-state index in [0.717, 1.165) is 11.1 Å². The number of aromatic amines is 1. The van der Waals surface area contributed by atoms with E-state index in [1.54, 1.807) is 6.07 Å². The molecule has 0 fully saturated rings. The van der Waals surface area contributed by atoms with Gasteiger partial charge in [-0.15, -0.1) is 0 Å². The summed E-state index contributed by atoms with van der Waals surface area (Å²) < 4.78 is 1.30. The molecule has 0 aliphatic heterocycles. The van der Waals surface area contributed by atoms with Crippen LogP contribution in [0.3, 0.4) is 0 Å². The highest BCUT2D eigenvalue weighted by Gasteiger charge is 2.27. The molecule has 1 aromatic heterocycles. The highest BCUT2D eigenvalue weighted by molar-refractivity contribution is 5.78. The Kier molecular flexibility index (Phi) is 3.24. The van der Waals surface area contributed by atoms with Crippen LogP contribution in [-0.2, 0) is 5.54 Å². The number of fused-ring (bicyclic) bond motifs is 1. The van der Waals surface area contributed by atoms with Gasteiger partial charge in [0.1, 0.15) is 0 Å². The lowest BCUT2D eigenvalue weighted by Crippen LogP contribution is -2.46. The first-order valence-electron chi connectivity index (χ1n) is 7.23. The molecule has 0 unspecified atom stereocenters. The van der Waals surface area contributed by atoms with E-state index in [-0.39, 0.29) is 5.56 Å². The summed E-state index contributed by atoms with van der Waals surface area (Å²) in [6.07, 6.45) is 0. The van der Waals surface area contributed by atoms with E-state index in [2.05, 4.69) is 4.98 Å². The minimum Gasteiger partial charge on any atom is -0.307 e. The predicted molar refractivity (Wildman–Crippen MR) is 88.4 cm³/mol. The van der Waals surface area contributed by atoms with Crippen molar-refractivity contribution in [3.8, 4) is 0 Å². The molecule has 1 N–H and O–H groups in total. The Labute approximate surface area is 128 Å². The van der Waals surface area contributed by atoms with Crippen molar-refractivity contribution in [1.82, 2.24) is 9.55 Å². The van der Waals surface area contributed by atoms with Gasteiger partial charge in [0.05, 0.1) is 16.4 Å². The minimum atomic E-state index is -0.732. The van der Waals surface area contributed by atoms with Crippen LogP contribution < -0.4 is 11.2 Å². The third-order valence-corrected chi connectivity index (χ3v) is 4.09. The lowest BCUT2D eigenvalue weighted by Gasteiger charge is -2.27. The number of hydrogen-bond donors (Lipinski definition) is 1. The number of aryl methyl sites for hydroxylation is 1. The fourth-order valence-electron chi connectivity index (χ4n) is 2.81. The van der Waals surface area contributed by atoms with Gasteiger partial charge in [-0.3, -0.25) is 9.36 Å². The van der Waals surface area contributed by atoms with E-state index in [4.69, 9.17) is 0 Å². The molecular weight excluding hydrogens is 276 g/mol. The van der Waals surface area contributed by atoms with E-state index < -0.39 is 11.2 Å². The Morgan fingerprint density at radius 1 is 1.00 bits per heavy atom. The second kappa shape index (κ2) is 4.98. The molecular formula is C18H18N2O2. The standard InChI is InChI=1S/C18H18N2O2/c1-12-9-10-15-14(11-12)16(21)20(17(22)19-15)18(2,3)13-7-5-4-6-8-13/h4-11H,1-3H3,(H,19,22). The second-order valence-corrected chi connectivity index (χ2v) is 6.04. The zero-order valence-corrected chi connectivity index (χ0v) is 12.9. The topological polar surface area (TPSA) is 54.9 Å². The van der Waals surface area contributed by atoms with E-state index in [1.165, 1.54) is 4.57 Å². The molecule has 0 spiro atoms. The van der Waals surface area contributed by atoms with E-state index >= 15 is 0 Å². The van der Waals surface area contributed by atoms with Crippen LogP contribution in [0.2, 0.25) is 0 Å². The third-order valence-electron chi connectivity index (χ3n) is 4.09. The maximum Gasteiger partial charge on any atom is 0.329 e. The van der Waals surface area contributed by atoms with Gasteiger partial charge in [-0.2, -0.15) is 0 Å². The molecule has 4 heteroatoms. The molecule has 0 amide bonds. The van der Waals surface area contributed by atoms with Crippen LogP contribution in [0.4, 0.5) is 0 Å². The molecule has 22 heavy (non-hydrogen) atoms. The average molecular weight is 294 g/mol. The molecule has 0 aliphatic carbocycles. The summed E-state index contributed by atoms with van der Waals surface area (Å²) in [4.78, 5) is 28.1. The van der Waals surface area contributed by atoms with Crippen LogP contribution in [-0.4, -0.2) is 9.55 Å². The number of hydrogen-bond acceptors (Lipinski definition) is 2. The maximum absolute atomic E-state index is 12.9. The molecule has 0 bridgehead atoms. The van der Waals surface area contributed by atoms with Crippen molar-refractivity contribution in [2.75, 3.05) is 0 Å². The zero-order chi connectivity index (χ0) is 15.9. The summed E-state index contributed by atoms with van der Waals surface area (Å²) in [7, 11) is 0. The average Bonchev–Trinajstić information content (AvgIpc) is 2.49. The lowest BCUT2D eigenvalue weighted by molar-refractivity contribution is 0.406.